The van der Waals surface area contributed by atoms with Gasteiger partial charge in [-0.25, -0.2) is 9.18 Å². The first kappa shape index (κ1) is 21.3. The van der Waals surface area contributed by atoms with Crippen molar-refractivity contribution in [2.24, 2.45) is 0 Å². The van der Waals surface area contributed by atoms with Gasteiger partial charge in [0.25, 0.3) is 0 Å². The molecule has 0 aliphatic rings. The quantitative estimate of drug-likeness (QED) is 0.310. The number of carboxylic acid groups (broad SMARTS) is 1. The molecule has 0 saturated heterocycles. The van der Waals surface area contributed by atoms with E-state index < -0.39 is 5.97 Å². The van der Waals surface area contributed by atoms with Crippen molar-refractivity contribution in [3.05, 3.63) is 107 Å². The van der Waals surface area contributed by atoms with Crippen LogP contribution in [0.25, 0.3) is 28.0 Å². The Morgan fingerprint density at radius 1 is 0.844 bits per heavy atom. The monoisotopic (exact) mass is 426 g/mol. The molecule has 0 atom stereocenters. The summed E-state index contributed by atoms with van der Waals surface area (Å²) < 4.78 is 13.2. The van der Waals surface area contributed by atoms with Gasteiger partial charge in [0.05, 0.1) is 5.56 Å². The molecule has 0 fully saturated rings. The number of hydrogen-bond acceptors (Lipinski definition) is 2. The van der Waals surface area contributed by atoms with E-state index in [0.29, 0.717) is 5.56 Å². The molecule has 0 bridgehead atoms. The zero-order valence-corrected chi connectivity index (χ0v) is 17.5. The number of benzene rings is 4. The molecule has 4 aromatic rings. The molecule has 0 unspecified atom stereocenters. The number of halogens is 1. The largest absolute Gasteiger partial charge is 0.508 e. The van der Waals surface area contributed by atoms with Crippen LogP contribution in [0.1, 0.15) is 34.3 Å². The average molecular weight is 426 g/mol. The van der Waals surface area contributed by atoms with Crippen molar-refractivity contribution in [3.63, 3.8) is 0 Å². The van der Waals surface area contributed by atoms with Crippen LogP contribution < -0.4 is 0 Å². The zero-order chi connectivity index (χ0) is 22.5. The number of unbranched alkanes of at least 4 members (excludes halogenated alkanes) is 1. The Hall–Kier alpha value is -3.92. The topological polar surface area (TPSA) is 57.5 Å². The Kier molecular flexibility index (Phi) is 6.31. The summed E-state index contributed by atoms with van der Waals surface area (Å²) in [6.07, 6.45) is 6.49. The number of hydrogen-bond donors (Lipinski definition) is 2. The van der Waals surface area contributed by atoms with Gasteiger partial charge in [0.15, 0.2) is 0 Å². The Bertz CT molecular complexity index is 1290. The number of phenols is 1. The van der Waals surface area contributed by atoms with Crippen LogP contribution in [-0.4, -0.2) is 16.2 Å². The minimum atomic E-state index is -0.975. The normalized spacial score (nSPS) is 11.3. The summed E-state index contributed by atoms with van der Waals surface area (Å²) in [5.74, 6) is -1.02. The van der Waals surface area contributed by atoms with Crippen molar-refractivity contribution in [1.82, 2.24) is 0 Å². The molecule has 0 radical (unpaired) electrons. The number of rotatable bonds is 7. The number of aryl methyl sites for hydroxylation is 1. The van der Waals surface area contributed by atoms with Gasteiger partial charge in [-0.1, -0.05) is 54.6 Å². The van der Waals surface area contributed by atoms with Gasteiger partial charge in [0.1, 0.15) is 11.6 Å². The Balaban J connectivity index is 1.44. The lowest BCUT2D eigenvalue weighted by atomic mass is 9.98. The fraction of sp³-hybridized carbons (Fsp3) is 0.107. The maximum atomic E-state index is 13.2. The molecule has 4 aromatic carbocycles. The molecular formula is C28H23FO3. The SMILES string of the molecule is O=C(O)c1ccc(-c2ccc(F)cc2)cc1/C=C/CCCc1ccc2cc(O)ccc2c1. The highest BCUT2D eigenvalue weighted by atomic mass is 19.1. The van der Waals surface area contributed by atoms with Crippen LogP contribution in [0.5, 0.6) is 5.75 Å². The smallest absolute Gasteiger partial charge is 0.336 e. The third-order valence-electron chi connectivity index (χ3n) is 5.48. The van der Waals surface area contributed by atoms with Gasteiger partial charge in [-0.3, -0.25) is 0 Å². The van der Waals surface area contributed by atoms with Crippen molar-refractivity contribution in [1.29, 1.82) is 0 Å². The number of carboxylic acids is 1. The summed E-state index contributed by atoms with van der Waals surface area (Å²) in [7, 11) is 0. The number of aromatic hydroxyl groups is 1. The fourth-order valence-corrected chi connectivity index (χ4v) is 3.79. The van der Waals surface area contributed by atoms with Gasteiger partial charge in [0.2, 0.25) is 0 Å². The lowest BCUT2D eigenvalue weighted by Gasteiger charge is -2.07. The van der Waals surface area contributed by atoms with Crippen LogP contribution in [-0.2, 0) is 6.42 Å². The third-order valence-corrected chi connectivity index (χ3v) is 5.48. The van der Waals surface area contributed by atoms with Crippen molar-refractivity contribution >= 4 is 22.8 Å². The summed E-state index contributed by atoms with van der Waals surface area (Å²) in [6, 6.07) is 22.9. The number of phenolic OH excluding ortho intramolecular Hbond substituents is 1. The first-order chi connectivity index (χ1) is 15.5. The van der Waals surface area contributed by atoms with Crippen LogP contribution >= 0.6 is 0 Å². The molecular weight excluding hydrogens is 403 g/mol. The highest BCUT2D eigenvalue weighted by Crippen LogP contribution is 2.25. The molecule has 0 spiro atoms. The van der Waals surface area contributed by atoms with Crippen LogP contribution in [0, 0.1) is 5.82 Å². The van der Waals surface area contributed by atoms with E-state index in [9.17, 15) is 19.4 Å². The lowest BCUT2D eigenvalue weighted by Crippen LogP contribution is -1.99. The van der Waals surface area contributed by atoms with E-state index in [4.69, 9.17) is 0 Å². The van der Waals surface area contributed by atoms with E-state index in [1.807, 2.05) is 30.4 Å². The Morgan fingerprint density at radius 2 is 1.56 bits per heavy atom. The molecule has 0 aliphatic heterocycles. The number of allylic oxidation sites excluding steroid dienone is 1. The standard InChI is InChI=1S/C28H23FO3/c29-25-12-8-20(9-13-25)22-11-15-27(28(31)32)24(17-22)5-3-1-2-4-19-6-7-23-18-26(30)14-10-21(23)16-19/h3,5-18,30H,1-2,4H2,(H,31,32)/b5-3+. The average Bonchev–Trinajstić information content (AvgIpc) is 2.79. The minimum Gasteiger partial charge on any atom is -0.508 e. The lowest BCUT2D eigenvalue weighted by molar-refractivity contribution is 0.0696. The Morgan fingerprint density at radius 3 is 2.34 bits per heavy atom. The highest BCUT2D eigenvalue weighted by molar-refractivity contribution is 5.93. The van der Waals surface area contributed by atoms with Crippen LogP contribution in [0.15, 0.2) is 84.9 Å². The predicted octanol–water partition coefficient (Wildman–Crippen LogP) is 7.09. The molecule has 0 aromatic heterocycles. The van der Waals surface area contributed by atoms with E-state index in [0.717, 1.165) is 41.2 Å². The highest BCUT2D eigenvalue weighted by Gasteiger charge is 2.10. The van der Waals surface area contributed by atoms with Crippen molar-refractivity contribution < 1.29 is 19.4 Å². The summed E-state index contributed by atoms with van der Waals surface area (Å²) in [4.78, 5) is 11.6. The maximum Gasteiger partial charge on any atom is 0.336 e. The van der Waals surface area contributed by atoms with Gasteiger partial charge >= 0.3 is 5.97 Å². The van der Waals surface area contributed by atoms with Crippen LogP contribution in [0.4, 0.5) is 4.39 Å². The van der Waals surface area contributed by atoms with Gasteiger partial charge in [-0.2, -0.15) is 0 Å². The molecule has 0 amide bonds. The molecule has 4 heteroatoms. The molecule has 0 heterocycles. The van der Waals surface area contributed by atoms with Gasteiger partial charge in [0, 0.05) is 0 Å². The third kappa shape index (κ3) is 5.03. The van der Waals surface area contributed by atoms with Crippen LogP contribution in [0.2, 0.25) is 0 Å². The molecule has 0 saturated carbocycles. The van der Waals surface area contributed by atoms with Crippen molar-refractivity contribution in [2.75, 3.05) is 0 Å². The predicted molar refractivity (Wildman–Crippen MR) is 126 cm³/mol. The summed E-state index contributed by atoms with van der Waals surface area (Å²) >= 11 is 0. The Labute approximate surface area is 186 Å². The number of carbonyl (C=O) groups is 1. The first-order valence-electron chi connectivity index (χ1n) is 10.5. The molecule has 2 N–H and O–H groups in total. The maximum absolute atomic E-state index is 13.2. The fourth-order valence-electron chi connectivity index (χ4n) is 3.79. The zero-order valence-electron chi connectivity index (χ0n) is 17.5. The molecule has 4 rings (SSSR count). The van der Waals surface area contributed by atoms with Gasteiger partial charge in [-0.05, 0) is 88.7 Å². The van der Waals surface area contributed by atoms with E-state index >= 15 is 0 Å². The van der Waals surface area contributed by atoms with Crippen LogP contribution in [0.3, 0.4) is 0 Å². The van der Waals surface area contributed by atoms with Gasteiger partial charge in [-0.15, -0.1) is 0 Å². The second kappa shape index (κ2) is 9.48. The van der Waals surface area contributed by atoms with Gasteiger partial charge < -0.3 is 10.2 Å². The van der Waals surface area contributed by atoms with E-state index in [2.05, 4.69) is 12.1 Å². The van der Waals surface area contributed by atoms with E-state index in [1.165, 1.54) is 17.7 Å². The summed E-state index contributed by atoms with van der Waals surface area (Å²) in [5, 5.41) is 21.2. The van der Waals surface area contributed by atoms with Crippen molar-refractivity contribution in [2.45, 2.75) is 19.3 Å². The molecule has 32 heavy (non-hydrogen) atoms. The van der Waals surface area contributed by atoms with E-state index in [1.54, 1.807) is 36.4 Å². The number of fused-ring (bicyclic) bond motifs is 1. The van der Waals surface area contributed by atoms with E-state index in [-0.39, 0.29) is 17.1 Å². The summed E-state index contributed by atoms with van der Waals surface area (Å²) in [5.41, 5.74) is 3.77. The summed E-state index contributed by atoms with van der Waals surface area (Å²) in [6.45, 7) is 0. The molecule has 160 valence electrons. The second-order valence-corrected chi connectivity index (χ2v) is 7.77. The molecule has 0 aliphatic carbocycles. The first-order valence-corrected chi connectivity index (χ1v) is 10.5. The molecule has 3 nitrogen and oxygen atoms in total. The number of aromatic carboxylic acids is 1. The second-order valence-electron chi connectivity index (χ2n) is 7.77. The minimum absolute atomic E-state index is 0.241. The van der Waals surface area contributed by atoms with Crippen molar-refractivity contribution in [3.8, 4) is 16.9 Å².